The lowest BCUT2D eigenvalue weighted by Gasteiger charge is -2.25. The first-order valence-corrected chi connectivity index (χ1v) is 12.6. The van der Waals surface area contributed by atoms with Gasteiger partial charge in [0.2, 0.25) is 10.9 Å². The van der Waals surface area contributed by atoms with Gasteiger partial charge in [0.25, 0.3) is 5.91 Å². The van der Waals surface area contributed by atoms with Crippen LogP contribution in [0, 0.1) is 12.8 Å². The van der Waals surface area contributed by atoms with E-state index in [2.05, 4.69) is 10.2 Å². The molecule has 0 aliphatic carbocycles. The maximum Gasteiger partial charge on any atom is 0.297 e. The van der Waals surface area contributed by atoms with E-state index >= 15 is 0 Å². The number of nitrogens with zero attached hydrogens (tertiary/aromatic N) is 3. The fourth-order valence-electron chi connectivity index (χ4n) is 4.31. The molecule has 1 amide bonds. The van der Waals surface area contributed by atoms with Crippen molar-refractivity contribution < 1.29 is 23.9 Å². The lowest BCUT2D eigenvalue weighted by Crippen LogP contribution is -2.30. The van der Waals surface area contributed by atoms with E-state index in [-0.39, 0.29) is 5.13 Å². The van der Waals surface area contributed by atoms with Gasteiger partial charge in [0.15, 0.2) is 5.78 Å². The number of hydrogen-bond acceptors (Lipinski definition) is 8. The summed E-state index contributed by atoms with van der Waals surface area (Å²) in [6, 6.07) is 22.0. The van der Waals surface area contributed by atoms with Crippen molar-refractivity contribution >= 4 is 33.9 Å². The smallest absolute Gasteiger partial charge is 0.297 e. The summed E-state index contributed by atoms with van der Waals surface area (Å²) in [7, 11) is 0. The lowest BCUT2D eigenvalue weighted by molar-refractivity contribution is -0.135. The second-order valence-electron chi connectivity index (χ2n) is 8.37. The van der Waals surface area contributed by atoms with Gasteiger partial charge >= 0.3 is 0 Å². The highest BCUT2D eigenvalue weighted by Gasteiger charge is 2.53. The van der Waals surface area contributed by atoms with Crippen LogP contribution in [0.5, 0.6) is 17.2 Å². The summed E-state index contributed by atoms with van der Waals surface area (Å²) in [5.41, 5.74) is 0.886. The molecule has 1 aliphatic heterocycles. The highest BCUT2D eigenvalue weighted by Crippen LogP contribution is 2.43. The number of aryl methyl sites for hydroxylation is 1. The van der Waals surface area contributed by atoms with Crippen LogP contribution in [0.25, 0.3) is 0 Å². The number of aromatic nitrogens is 2. The molecule has 0 radical (unpaired) electrons. The average Bonchev–Trinajstić information content (AvgIpc) is 3.45. The number of ketones is 2. The van der Waals surface area contributed by atoms with E-state index in [0.29, 0.717) is 40.0 Å². The summed E-state index contributed by atoms with van der Waals surface area (Å²) in [4.78, 5) is 41.6. The van der Waals surface area contributed by atoms with Gasteiger partial charge in [-0.3, -0.25) is 19.3 Å². The zero-order valence-corrected chi connectivity index (χ0v) is 21.0. The number of ether oxygens (including phenoxy) is 2. The van der Waals surface area contributed by atoms with E-state index < -0.39 is 29.4 Å². The number of Topliss-reactive ketones (excluding diaryl/α,β-unsaturated/α-hetero) is 2. The molecule has 8 nitrogen and oxygen atoms in total. The van der Waals surface area contributed by atoms with Gasteiger partial charge in [-0.15, -0.1) is 10.2 Å². The van der Waals surface area contributed by atoms with Crippen LogP contribution in [-0.2, 0) is 9.59 Å². The molecule has 1 fully saturated rings. The van der Waals surface area contributed by atoms with Crippen molar-refractivity contribution in [1.82, 2.24) is 10.2 Å². The van der Waals surface area contributed by atoms with Crippen molar-refractivity contribution in [1.29, 1.82) is 0 Å². The number of amides is 1. The van der Waals surface area contributed by atoms with E-state index in [1.54, 1.807) is 55.5 Å². The number of hydrogen-bond donors (Lipinski definition) is 0. The molecule has 2 unspecified atom stereocenters. The minimum Gasteiger partial charge on any atom is -0.494 e. The number of carbonyl (C=O) groups is 3. The van der Waals surface area contributed by atoms with Crippen molar-refractivity contribution in [3.63, 3.8) is 0 Å². The van der Waals surface area contributed by atoms with Crippen LogP contribution >= 0.6 is 11.3 Å². The van der Waals surface area contributed by atoms with E-state index in [4.69, 9.17) is 9.47 Å². The Hall–Kier alpha value is -4.37. The predicted octanol–water partition coefficient (Wildman–Crippen LogP) is 5.19. The Morgan fingerprint density at radius 2 is 1.65 bits per heavy atom. The number of benzene rings is 3. The summed E-state index contributed by atoms with van der Waals surface area (Å²) in [6.45, 7) is 4.11. The molecule has 1 aromatic heterocycles. The van der Waals surface area contributed by atoms with Gasteiger partial charge in [-0.1, -0.05) is 41.7 Å². The molecule has 0 N–H and O–H groups in total. The maximum atomic E-state index is 13.7. The fraction of sp³-hybridized carbons (Fsp3) is 0.179. The van der Waals surface area contributed by atoms with Gasteiger partial charge in [0.05, 0.1) is 12.6 Å². The molecule has 2 heterocycles. The molecule has 0 spiro atoms. The second-order valence-corrected chi connectivity index (χ2v) is 9.53. The molecule has 4 aromatic rings. The highest BCUT2D eigenvalue weighted by atomic mass is 32.1. The number of carbonyl (C=O) groups excluding carboxylic acids is 3. The van der Waals surface area contributed by atoms with Crippen molar-refractivity contribution in [2.45, 2.75) is 19.9 Å². The topological polar surface area (TPSA) is 98.7 Å². The van der Waals surface area contributed by atoms with Crippen molar-refractivity contribution in [2.24, 2.45) is 5.92 Å². The number of rotatable bonds is 8. The van der Waals surface area contributed by atoms with Gasteiger partial charge < -0.3 is 9.47 Å². The molecule has 37 heavy (non-hydrogen) atoms. The second kappa shape index (κ2) is 10.3. The third kappa shape index (κ3) is 4.85. The molecule has 3 aromatic carbocycles. The van der Waals surface area contributed by atoms with Crippen LogP contribution in [-0.4, -0.2) is 34.3 Å². The van der Waals surface area contributed by atoms with Gasteiger partial charge in [0.1, 0.15) is 28.2 Å². The number of anilines is 1. The molecular weight excluding hydrogens is 490 g/mol. The maximum absolute atomic E-state index is 13.7. The zero-order valence-electron chi connectivity index (χ0n) is 20.2. The first-order chi connectivity index (χ1) is 18.0. The minimum atomic E-state index is -1.26. The van der Waals surface area contributed by atoms with Crippen LogP contribution < -0.4 is 14.4 Å². The average molecular weight is 514 g/mol. The zero-order chi connectivity index (χ0) is 25.9. The van der Waals surface area contributed by atoms with E-state index in [1.807, 2.05) is 37.3 Å². The van der Waals surface area contributed by atoms with E-state index in [0.717, 1.165) is 0 Å². The molecule has 186 valence electrons. The first-order valence-electron chi connectivity index (χ1n) is 11.7. The molecule has 5 rings (SSSR count). The van der Waals surface area contributed by atoms with Gasteiger partial charge in [-0.05, 0) is 67.9 Å². The molecule has 0 bridgehead atoms. The molecular formula is C28H23N3O5S. The van der Waals surface area contributed by atoms with Crippen LogP contribution in [0.2, 0.25) is 0 Å². The summed E-state index contributed by atoms with van der Waals surface area (Å²) in [5, 5.41) is 9.02. The Bertz CT molecular complexity index is 1450. The third-order valence-electron chi connectivity index (χ3n) is 5.94. The van der Waals surface area contributed by atoms with Crippen molar-refractivity contribution in [3.05, 3.63) is 95.0 Å². The van der Waals surface area contributed by atoms with Crippen LogP contribution in [0.1, 0.15) is 33.9 Å². The van der Waals surface area contributed by atoms with Crippen LogP contribution in [0.15, 0.2) is 78.9 Å². The van der Waals surface area contributed by atoms with Gasteiger partial charge in [0, 0.05) is 5.56 Å². The summed E-state index contributed by atoms with van der Waals surface area (Å²) < 4.78 is 11.4. The van der Waals surface area contributed by atoms with Gasteiger partial charge in [-0.25, -0.2) is 0 Å². The Balaban J connectivity index is 1.56. The standard InChI is InChI=1S/C28H23N3O5S/c1-3-35-20-14-12-18(13-15-20)25(32)23-24(31(27(34)26(23)33)28-30-29-17(2)37-28)19-8-7-11-22(16-19)36-21-9-5-4-6-10-21/h4-16,23-24H,3H2,1-2H3. The Kier molecular flexibility index (Phi) is 6.78. The minimum absolute atomic E-state index is 0.261. The molecule has 9 heteroatoms. The highest BCUT2D eigenvalue weighted by molar-refractivity contribution is 7.15. The SMILES string of the molecule is CCOc1ccc(C(=O)C2C(=O)C(=O)N(c3nnc(C)s3)C2c2cccc(Oc3ccccc3)c2)cc1. The fourth-order valence-corrected chi connectivity index (χ4v) is 5.03. The summed E-state index contributed by atoms with van der Waals surface area (Å²) >= 11 is 1.18. The Morgan fingerprint density at radius 3 is 2.32 bits per heavy atom. The van der Waals surface area contributed by atoms with E-state index in [9.17, 15) is 14.4 Å². The molecule has 1 aliphatic rings. The first kappa shape index (κ1) is 24.3. The Morgan fingerprint density at radius 1 is 0.919 bits per heavy atom. The lowest BCUT2D eigenvalue weighted by atomic mass is 9.86. The van der Waals surface area contributed by atoms with E-state index in [1.165, 1.54) is 16.2 Å². The number of para-hydroxylation sites is 1. The third-order valence-corrected chi connectivity index (χ3v) is 6.78. The monoisotopic (exact) mass is 513 g/mol. The largest absolute Gasteiger partial charge is 0.494 e. The molecule has 1 saturated heterocycles. The molecule has 2 atom stereocenters. The van der Waals surface area contributed by atoms with Crippen LogP contribution in [0.3, 0.4) is 0 Å². The normalized spacial score (nSPS) is 17.2. The Labute approximate surface area is 217 Å². The van der Waals surface area contributed by atoms with Crippen molar-refractivity contribution in [3.8, 4) is 17.2 Å². The predicted molar refractivity (Wildman–Crippen MR) is 138 cm³/mol. The molecule has 0 saturated carbocycles. The van der Waals surface area contributed by atoms with Gasteiger partial charge in [-0.2, -0.15) is 0 Å². The van der Waals surface area contributed by atoms with Crippen molar-refractivity contribution in [2.75, 3.05) is 11.5 Å². The summed E-state index contributed by atoms with van der Waals surface area (Å²) in [6.07, 6.45) is 0. The van der Waals surface area contributed by atoms with Crippen LogP contribution in [0.4, 0.5) is 5.13 Å². The quantitative estimate of drug-likeness (QED) is 0.182. The summed E-state index contributed by atoms with van der Waals surface area (Å²) in [5.74, 6) is -1.54.